The van der Waals surface area contributed by atoms with Crippen LogP contribution in [-0.2, 0) is 18.4 Å². The van der Waals surface area contributed by atoms with E-state index in [1.54, 1.807) is 19.2 Å². The molecule has 0 aliphatic carbocycles. The van der Waals surface area contributed by atoms with Crippen molar-refractivity contribution in [3.63, 3.8) is 0 Å². The number of carbonyl (C=O) groups excluding carboxylic acids is 1. The Kier molecular flexibility index (Phi) is 3.81. The van der Waals surface area contributed by atoms with Gasteiger partial charge in [-0.3, -0.25) is 14.2 Å². The number of carbonyl (C=O) groups is 1. The maximum absolute atomic E-state index is 12.6. The fourth-order valence-corrected chi connectivity index (χ4v) is 3.63. The summed E-state index contributed by atoms with van der Waals surface area (Å²) in [6, 6.07) is 5.34. The lowest BCUT2D eigenvalue weighted by Crippen LogP contribution is -2.28. The normalized spacial score (nSPS) is 11.3. The highest BCUT2D eigenvalue weighted by molar-refractivity contribution is 9.10. The Morgan fingerprint density at radius 3 is 3.04 bits per heavy atom. The molecule has 1 amide bonds. The highest BCUT2D eigenvalue weighted by Crippen LogP contribution is 2.21. The summed E-state index contributed by atoms with van der Waals surface area (Å²) >= 11 is 4.32. The van der Waals surface area contributed by atoms with Crippen LogP contribution in [0.25, 0.3) is 22.1 Å². The van der Waals surface area contributed by atoms with Crippen LogP contribution < -0.4 is 10.9 Å². The Hall–Kier alpha value is -2.66. The number of aromatic nitrogens is 6. The molecule has 0 saturated heterocycles. The average molecular weight is 420 g/mol. The van der Waals surface area contributed by atoms with E-state index in [1.807, 2.05) is 6.07 Å². The third kappa shape index (κ3) is 2.70. The summed E-state index contributed by atoms with van der Waals surface area (Å²) in [4.78, 5) is 29.1. The molecule has 0 fully saturated rings. The van der Waals surface area contributed by atoms with Gasteiger partial charge in [-0.25, -0.2) is 9.67 Å². The van der Waals surface area contributed by atoms with E-state index < -0.39 is 0 Å². The number of anilines is 1. The van der Waals surface area contributed by atoms with Crippen LogP contribution in [0.1, 0.15) is 0 Å². The van der Waals surface area contributed by atoms with Crippen LogP contribution in [0.3, 0.4) is 0 Å². The van der Waals surface area contributed by atoms with E-state index in [2.05, 4.69) is 40.1 Å². The van der Waals surface area contributed by atoms with Crippen LogP contribution in [0.5, 0.6) is 0 Å². The van der Waals surface area contributed by atoms with Gasteiger partial charge < -0.3 is 5.32 Å². The smallest absolute Gasteiger partial charge is 0.266 e. The Labute approximate surface area is 152 Å². The van der Waals surface area contributed by atoms with Gasteiger partial charge in [-0.05, 0) is 28.1 Å². The molecule has 9 nitrogen and oxygen atoms in total. The number of aryl methyl sites for hydroxylation is 1. The minimum Gasteiger partial charge on any atom is -0.323 e. The van der Waals surface area contributed by atoms with E-state index in [0.29, 0.717) is 32.4 Å². The maximum atomic E-state index is 12.6. The molecule has 3 aromatic heterocycles. The van der Waals surface area contributed by atoms with Gasteiger partial charge in [0.2, 0.25) is 5.91 Å². The minimum absolute atomic E-state index is 0.170. The molecule has 1 aromatic carbocycles. The van der Waals surface area contributed by atoms with Crippen molar-refractivity contribution in [1.29, 1.82) is 0 Å². The van der Waals surface area contributed by atoms with E-state index >= 15 is 0 Å². The maximum Gasteiger partial charge on any atom is 0.266 e. The lowest BCUT2D eigenvalue weighted by atomic mass is 10.2. The number of benzene rings is 1. The summed E-state index contributed by atoms with van der Waals surface area (Å²) in [5.74, 6) is -0.358. The summed E-state index contributed by atoms with van der Waals surface area (Å²) in [5.41, 5.74) is 2.00. The highest BCUT2D eigenvalue weighted by Gasteiger charge is 2.15. The molecule has 11 heteroatoms. The molecule has 1 N–H and O–H groups in total. The number of amides is 1. The van der Waals surface area contributed by atoms with Crippen molar-refractivity contribution in [2.24, 2.45) is 7.05 Å². The summed E-state index contributed by atoms with van der Waals surface area (Å²) < 4.78 is 11.4. The first-order valence-electron chi connectivity index (χ1n) is 7.13. The van der Waals surface area contributed by atoms with Crippen LogP contribution >= 0.6 is 27.7 Å². The zero-order valence-electron chi connectivity index (χ0n) is 12.8. The topological polar surface area (TPSA) is 108 Å². The van der Waals surface area contributed by atoms with E-state index in [4.69, 9.17) is 0 Å². The quantitative estimate of drug-likeness (QED) is 0.539. The van der Waals surface area contributed by atoms with E-state index in [-0.39, 0.29) is 18.0 Å². The van der Waals surface area contributed by atoms with Crippen LogP contribution in [0, 0.1) is 0 Å². The highest BCUT2D eigenvalue weighted by atomic mass is 79.9. The molecule has 4 aromatic rings. The molecule has 0 radical (unpaired) electrons. The predicted molar refractivity (Wildman–Crippen MR) is 96.5 cm³/mol. The monoisotopic (exact) mass is 419 g/mol. The Morgan fingerprint density at radius 1 is 1.36 bits per heavy atom. The molecule has 3 heterocycles. The van der Waals surface area contributed by atoms with Gasteiger partial charge in [0.15, 0.2) is 5.65 Å². The van der Waals surface area contributed by atoms with Crippen molar-refractivity contribution in [3.8, 4) is 0 Å². The number of nitrogens with zero attached hydrogens (tertiary/aromatic N) is 6. The predicted octanol–water partition coefficient (Wildman–Crippen LogP) is 1.54. The third-order valence-electron chi connectivity index (χ3n) is 3.64. The Bertz CT molecular complexity index is 1180. The first-order chi connectivity index (χ1) is 12.0. The molecule has 4 rings (SSSR count). The van der Waals surface area contributed by atoms with Gasteiger partial charge in [0, 0.05) is 7.05 Å². The van der Waals surface area contributed by atoms with Gasteiger partial charge in [0.05, 0.1) is 17.4 Å². The van der Waals surface area contributed by atoms with Crippen molar-refractivity contribution in [2.75, 3.05) is 5.32 Å². The van der Waals surface area contributed by atoms with Gasteiger partial charge >= 0.3 is 0 Å². The second-order valence-corrected chi connectivity index (χ2v) is 6.56. The fourth-order valence-electron chi connectivity index (χ4n) is 2.50. The number of hydrogen-bond donors (Lipinski definition) is 1. The lowest BCUT2D eigenvalue weighted by molar-refractivity contribution is -0.116. The summed E-state index contributed by atoms with van der Waals surface area (Å²) in [6.45, 7) is -0.170. The van der Waals surface area contributed by atoms with E-state index in [0.717, 1.165) is 11.7 Å². The largest absolute Gasteiger partial charge is 0.323 e. The minimum atomic E-state index is -0.358. The van der Waals surface area contributed by atoms with Gasteiger partial charge in [-0.2, -0.15) is 13.8 Å². The van der Waals surface area contributed by atoms with Gasteiger partial charge in [0.25, 0.3) is 5.56 Å². The lowest BCUT2D eigenvalue weighted by Gasteiger charge is -2.07. The Morgan fingerprint density at radius 2 is 2.20 bits per heavy atom. The molecule has 0 saturated carbocycles. The third-order valence-corrected chi connectivity index (χ3v) is 4.74. The molecule has 0 atom stereocenters. The van der Waals surface area contributed by atoms with E-state index in [9.17, 15) is 9.59 Å². The van der Waals surface area contributed by atoms with Crippen molar-refractivity contribution < 1.29 is 4.79 Å². The molecule has 25 heavy (non-hydrogen) atoms. The number of nitrogens with one attached hydrogen (secondary N) is 1. The number of rotatable bonds is 3. The first-order valence-corrected chi connectivity index (χ1v) is 8.65. The second-order valence-electron chi connectivity index (χ2n) is 5.28. The van der Waals surface area contributed by atoms with E-state index in [1.165, 1.54) is 15.6 Å². The summed E-state index contributed by atoms with van der Waals surface area (Å²) in [6.07, 6.45) is 1.34. The van der Waals surface area contributed by atoms with Gasteiger partial charge in [0.1, 0.15) is 33.9 Å². The second kappa shape index (κ2) is 6.01. The van der Waals surface area contributed by atoms with Crippen LogP contribution in [0.15, 0.2) is 33.9 Å². The van der Waals surface area contributed by atoms with Crippen molar-refractivity contribution in [2.45, 2.75) is 6.54 Å². The average Bonchev–Trinajstić information content (AvgIpc) is 3.16. The molecule has 126 valence electrons. The first kappa shape index (κ1) is 15.8. The summed E-state index contributed by atoms with van der Waals surface area (Å²) in [7, 11) is 1.69. The van der Waals surface area contributed by atoms with Crippen LogP contribution in [0.4, 0.5) is 5.69 Å². The molecule has 0 spiro atoms. The number of fused-ring (bicyclic) bond motifs is 2. The molecule has 0 aliphatic rings. The fraction of sp³-hybridized carbons (Fsp3) is 0.143. The SMILES string of the molecule is Cn1nc(Br)c2c(=O)n(CC(=O)Nc3cccc4nsnc34)cnc21. The number of halogens is 1. The molecular weight excluding hydrogens is 410 g/mol. The van der Waals surface area contributed by atoms with Crippen LogP contribution in [0.2, 0.25) is 0 Å². The number of hydrogen-bond acceptors (Lipinski definition) is 7. The van der Waals surface area contributed by atoms with Crippen molar-refractivity contribution in [3.05, 3.63) is 39.5 Å². The molecule has 0 bridgehead atoms. The van der Waals surface area contributed by atoms with Crippen molar-refractivity contribution in [1.82, 2.24) is 28.1 Å². The standard InChI is InChI=1S/C14H10BrN7O2S/c1-21-13-10(12(15)18-21)14(24)22(6-16-13)5-9(23)17-7-3-2-4-8-11(7)20-25-19-8/h2-4,6H,5H2,1H3,(H,17,23). The van der Waals surface area contributed by atoms with Crippen LogP contribution in [-0.4, -0.2) is 34.0 Å². The molecule has 0 unspecified atom stereocenters. The Balaban J connectivity index is 1.64. The summed E-state index contributed by atoms with van der Waals surface area (Å²) in [5, 5.41) is 7.21. The van der Waals surface area contributed by atoms with Gasteiger partial charge in [-0.15, -0.1) is 0 Å². The molecule has 0 aliphatic heterocycles. The van der Waals surface area contributed by atoms with Crippen molar-refractivity contribution >= 4 is 61.3 Å². The zero-order valence-corrected chi connectivity index (χ0v) is 15.2. The zero-order chi connectivity index (χ0) is 17.6. The van der Waals surface area contributed by atoms with Gasteiger partial charge in [-0.1, -0.05) is 6.07 Å². The molecular formula is C14H10BrN7O2S.